The highest BCUT2D eigenvalue weighted by molar-refractivity contribution is 7.44. The van der Waals surface area contributed by atoms with Crippen molar-refractivity contribution in [2.45, 2.75) is 44.4 Å². The van der Waals surface area contributed by atoms with Crippen LogP contribution in [0.25, 0.3) is 0 Å². The van der Waals surface area contributed by atoms with E-state index in [1.165, 1.54) is 35.8 Å². The SMILES string of the molecule is CC1=PC(C)(CC(P)(c2ccc(Oc3ccccc3)cc2)c2ccc(Oc3ccccc3)cc2)C(C)=C1C. The van der Waals surface area contributed by atoms with E-state index in [4.69, 9.17) is 9.47 Å². The molecular formula is C34H34O2P2. The molecule has 2 unspecified atom stereocenters. The summed E-state index contributed by atoms with van der Waals surface area (Å²) in [6.07, 6.45) is 0.963. The molecule has 0 amide bonds. The molecule has 0 aromatic heterocycles. The highest BCUT2D eigenvalue weighted by Gasteiger charge is 2.41. The molecule has 1 aliphatic heterocycles. The second-order valence-corrected chi connectivity index (χ2v) is 13.1. The van der Waals surface area contributed by atoms with Gasteiger partial charge < -0.3 is 9.47 Å². The fourth-order valence-corrected chi connectivity index (χ4v) is 7.89. The minimum absolute atomic E-state index is 0.0499. The molecule has 0 fully saturated rings. The zero-order valence-corrected chi connectivity index (χ0v) is 24.5. The van der Waals surface area contributed by atoms with Crippen LogP contribution in [0.5, 0.6) is 23.0 Å². The molecule has 0 bridgehead atoms. The lowest BCUT2D eigenvalue weighted by atomic mass is 9.79. The van der Waals surface area contributed by atoms with E-state index in [0.717, 1.165) is 29.4 Å². The Morgan fingerprint density at radius 1 is 0.632 bits per heavy atom. The van der Waals surface area contributed by atoms with Crippen LogP contribution in [-0.2, 0) is 5.16 Å². The van der Waals surface area contributed by atoms with Crippen molar-refractivity contribution in [3.63, 3.8) is 0 Å². The summed E-state index contributed by atoms with van der Waals surface area (Å²) in [6, 6.07) is 37.0. The summed E-state index contributed by atoms with van der Waals surface area (Å²) in [4.78, 5) is 0. The van der Waals surface area contributed by atoms with E-state index in [1.54, 1.807) is 0 Å². The second-order valence-electron chi connectivity index (χ2n) is 10.2. The van der Waals surface area contributed by atoms with Crippen molar-refractivity contribution in [1.82, 2.24) is 0 Å². The zero-order chi connectivity index (χ0) is 26.8. The summed E-state index contributed by atoms with van der Waals surface area (Å²) >= 11 is 0. The molecule has 0 aliphatic carbocycles. The van der Waals surface area contributed by atoms with E-state index in [-0.39, 0.29) is 10.3 Å². The Balaban J connectivity index is 1.49. The number of benzene rings is 4. The Morgan fingerprint density at radius 2 is 1.03 bits per heavy atom. The molecule has 0 saturated heterocycles. The average Bonchev–Trinajstić information content (AvgIpc) is 3.12. The van der Waals surface area contributed by atoms with Crippen LogP contribution in [0.4, 0.5) is 0 Å². The third-order valence-electron chi connectivity index (χ3n) is 7.65. The highest BCUT2D eigenvalue weighted by atomic mass is 31.1. The topological polar surface area (TPSA) is 18.5 Å². The van der Waals surface area contributed by atoms with E-state index < -0.39 is 0 Å². The fraction of sp³-hybridized carbons (Fsp3) is 0.206. The molecule has 0 radical (unpaired) electrons. The van der Waals surface area contributed by atoms with Crippen molar-refractivity contribution in [2.75, 3.05) is 0 Å². The predicted octanol–water partition coefficient (Wildman–Crippen LogP) is 10.0. The number of ether oxygens (including phenoxy) is 2. The summed E-state index contributed by atoms with van der Waals surface area (Å²) in [5.74, 6) is 3.34. The average molecular weight is 537 g/mol. The number of rotatable bonds is 8. The highest BCUT2D eigenvalue weighted by Crippen LogP contribution is 2.54. The first-order valence-electron chi connectivity index (χ1n) is 13.0. The molecule has 5 rings (SSSR count). The van der Waals surface area contributed by atoms with Gasteiger partial charge in [0.1, 0.15) is 23.0 Å². The maximum atomic E-state index is 6.09. The van der Waals surface area contributed by atoms with Gasteiger partial charge in [0.2, 0.25) is 0 Å². The van der Waals surface area contributed by atoms with E-state index in [0.29, 0.717) is 0 Å². The Bertz CT molecular complexity index is 1370. The Morgan fingerprint density at radius 3 is 1.39 bits per heavy atom. The zero-order valence-electron chi connectivity index (χ0n) is 22.4. The van der Waals surface area contributed by atoms with Crippen molar-refractivity contribution >= 4 is 22.7 Å². The first-order valence-corrected chi connectivity index (χ1v) is 14.4. The van der Waals surface area contributed by atoms with Gasteiger partial charge in [-0.15, -0.1) is 9.24 Å². The lowest BCUT2D eigenvalue weighted by molar-refractivity contribution is 0.481. The molecule has 1 aliphatic rings. The Labute approximate surface area is 230 Å². The normalized spacial score (nSPS) is 17.8. The third-order valence-corrected chi connectivity index (χ3v) is 10.2. The molecule has 0 saturated carbocycles. The molecule has 4 aromatic rings. The largest absolute Gasteiger partial charge is 0.457 e. The van der Waals surface area contributed by atoms with Crippen LogP contribution < -0.4 is 9.47 Å². The maximum absolute atomic E-state index is 6.09. The quantitative estimate of drug-likeness (QED) is 0.209. The first kappa shape index (κ1) is 26.4. The summed E-state index contributed by atoms with van der Waals surface area (Å²) in [5.41, 5.74) is 5.41. The van der Waals surface area contributed by atoms with Gasteiger partial charge in [-0.2, -0.15) is 0 Å². The first-order chi connectivity index (χ1) is 18.3. The predicted molar refractivity (Wildman–Crippen MR) is 165 cm³/mol. The van der Waals surface area contributed by atoms with E-state index >= 15 is 0 Å². The van der Waals surface area contributed by atoms with Crippen molar-refractivity contribution in [1.29, 1.82) is 0 Å². The third kappa shape index (κ3) is 5.49. The van der Waals surface area contributed by atoms with Crippen LogP contribution in [0.3, 0.4) is 0 Å². The monoisotopic (exact) mass is 536 g/mol. The van der Waals surface area contributed by atoms with Gasteiger partial charge in [0.25, 0.3) is 0 Å². The number of hydrogen-bond donors (Lipinski definition) is 0. The molecule has 0 spiro atoms. The molecule has 38 heavy (non-hydrogen) atoms. The van der Waals surface area contributed by atoms with E-state index in [1.807, 2.05) is 60.7 Å². The lowest BCUT2D eigenvalue weighted by Crippen LogP contribution is -2.31. The van der Waals surface area contributed by atoms with E-state index in [2.05, 4.69) is 85.5 Å². The summed E-state index contributed by atoms with van der Waals surface area (Å²) < 4.78 is 12.2. The van der Waals surface area contributed by atoms with Gasteiger partial charge in [-0.25, -0.2) is 0 Å². The van der Waals surface area contributed by atoms with Crippen molar-refractivity contribution in [3.05, 3.63) is 131 Å². The fourth-order valence-electron chi connectivity index (χ4n) is 5.19. The molecule has 4 heteroatoms. The number of para-hydroxylation sites is 2. The summed E-state index contributed by atoms with van der Waals surface area (Å²) in [5, 5.41) is 1.23. The van der Waals surface area contributed by atoms with Crippen molar-refractivity contribution < 1.29 is 9.47 Å². The minimum atomic E-state index is -0.287. The summed E-state index contributed by atoms with van der Waals surface area (Å²) in [6.45, 7) is 9.24. The van der Waals surface area contributed by atoms with Gasteiger partial charge in [-0.05, 0) is 105 Å². The van der Waals surface area contributed by atoms with Gasteiger partial charge in [0, 0.05) is 10.3 Å². The molecule has 0 N–H and O–H groups in total. The van der Waals surface area contributed by atoms with Crippen LogP contribution in [-0.4, -0.2) is 10.4 Å². The molecular weight excluding hydrogens is 502 g/mol. The maximum Gasteiger partial charge on any atom is 0.127 e. The van der Waals surface area contributed by atoms with Crippen LogP contribution in [0.2, 0.25) is 0 Å². The molecule has 192 valence electrons. The van der Waals surface area contributed by atoms with Gasteiger partial charge in [0.05, 0.1) is 0 Å². The van der Waals surface area contributed by atoms with Crippen LogP contribution >= 0.6 is 17.4 Å². The standard InChI is InChI=1S/C34H34O2P2/c1-24-25(2)33(4,38-26(24)3)23-34(37,27-15-19-31(20-16-27)35-29-11-7-5-8-12-29)28-17-21-32(22-18-28)36-30-13-9-6-10-14-30/h5-22H,23,37H2,1-4H3. The van der Waals surface area contributed by atoms with Gasteiger partial charge in [0.15, 0.2) is 0 Å². The van der Waals surface area contributed by atoms with Gasteiger partial charge in [-0.3, -0.25) is 0 Å². The molecule has 2 atom stereocenters. The smallest absolute Gasteiger partial charge is 0.127 e. The van der Waals surface area contributed by atoms with E-state index in [9.17, 15) is 0 Å². The Hall–Kier alpha value is -3.18. The number of hydrogen-bond acceptors (Lipinski definition) is 2. The minimum Gasteiger partial charge on any atom is -0.457 e. The molecule has 2 nitrogen and oxygen atoms in total. The Kier molecular flexibility index (Phi) is 7.58. The van der Waals surface area contributed by atoms with Crippen LogP contribution in [0, 0.1) is 0 Å². The molecule has 1 heterocycles. The summed E-state index contributed by atoms with van der Waals surface area (Å²) in [7, 11) is 4.61. The van der Waals surface area contributed by atoms with Gasteiger partial charge in [-0.1, -0.05) is 74.4 Å². The van der Waals surface area contributed by atoms with Crippen LogP contribution in [0.1, 0.15) is 45.2 Å². The van der Waals surface area contributed by atoms with Crippen molar-refractivity contribution in [2.24, 2.45) is 0 Å². The van der Waals surface area contributed by atoms with Crippen molar-refractivity contribution in [3.8, 4) is 23.0 Å². The molecule has 4 aromatic carbocycles. The van der Waals surface area contributed by atoms with Gasteiger partial charge >= 0.3 is 0 Å². The second kappa shape index (κ2) is 10.9. The number of allylic oxidation sites excluding steroid dienone is 2. The van der Waals surface area contributed by atoms with Crippen LogP contribution in [0.15, 0.2) is 120 Å². The lowest BCUT2D eigenvalue weighted by Gasteiger charge is -2.38.